The summed E-state index contributed by atoms with van der Waals surface area (Å²) in [5.41, 5.74) is 7.65. The Morgan fingerprint density at radius 1 is 0.804 bits per heavy atom. The molecule has 0 aliphatic rings. The third-order valence-electron chi connectivity index (χ3n) is 8.30. The molecule has 14 heteroatoms. The second kappa shape index (κ2) is 22.1. The van der Waals surface area contributed by atoms with Gasteiger partial charge in [-0.1, -0.05) is 87.4 Å². The van der Waals surface area contributed by atoms with Crippen LogP contribution in [-0.2, 0) is 46.5 Å². The summed E-state index contributed by atoms with van der Waals surface area (Å²) in [5, 5.41) is 18.4. The number of nitrogens with two attached hydrogens (primary N) is 1. The van der Waals surface area contributed by atoms with Gasteiger partial charge in [0.2, 0.25) is 17.7 Å². The summed E-state index contributed by atoms with van der Waals surface area (Å²) in [4.78, 5) is 78.1. The number of esters is 1. The number of nitrogens with zero attached hydrogens (tertiary/aromatic N) is 1. The lowest BCUT2D eigenvalue weighted by Crippen LogP contribution is -2.59. The highest BCUT2D eigenvalue weighted by Gasteiger charge is 2.38. The van der Waals surface area contributed by atoms with Gasteiger partial charge in [0.1, 0.15) is 24.7 Å². The second-order valence-electron chi connectivity index (χ2n) is 12.7. The molecule has 0 aromatic heterocycles. The molecular weight excluding hydrogens is 658 g/mol. The predicted molar refractivity (Wildman–Crippen MR) is 190 cm³/mol. The third kappa shape index (κ3) is 14.1. The van der Waals surface area contributed by atoms with Gasteiger partial charge >= 0.3 is 18.0 Å². The predicted octanol–water partition coefficient (Wildman–Crippen LogP) is 2.78. The van der Waals surface area contributed by atoms with Crippen LogP contribution in [0.15, 0.2) is 60.7 Å². The maximum atomic E-state index is 13.8. The van der Waals surface area contributed by atoms with Gasteiger partial charge in [-0.05, 0) is 56.7 Å². The topological polar surface area (TPSA) is 206 Å². The van der Waals surface area contributed by atoms with E-state index in [4.69, 9.17) is 10.5 Å². The third-order valence-corrected chi connectivity index (χ3v) is 8.30. The van der Waals surface area contributed by atoms with Crippen molar-refractivity contribution in [3.05, 3.63) is 71.8 Å². The number of carbonyl (C=O) groups is 6. The number of hydrogen-bond acceptors (Lipinski definition) is 10. The van der Waals surface area contributed by atoms with Crippen molar-refractivity contribution in [1.82, 2.24) is 20.9 Å². The molecule has 2 aromatic carbocycles. The molecule has 5 atom stereocenters. The van der Waals surface area contributed by atoms with Crippen LogP contribution < -0.4 is 21.7 Å². The van der Waals surface area contributed by atoms with E-state index in [9.17, 15) is 33.9 Å². The number of unbranched alkanes of at least 4 members (excludes halogenated alkanes) is 3. The first-order valence-corrected chi connectivity index (χ1v) is 17.2. The summed E-state index contributed by atoms with van der Waals surface area (Å²) in [6.45, 7) is 5.76. The molecule has 0 radical (unpaired) electrons. The van der Waals surface area contributed by atoms with Gasteiger partial charge in [-0.3, -0.25) is 19.2 Å². The number of nitrogens with one attached hydrogen (secondary N) is 3. The van der Waals surface area contributed by atoms with E-state index in [0.717, 1.165) is 38.4 Å². The molecule has 14 nitrogen and oxygen atoms in total. The molecule has 0 saturated heterocycles. The number of carboxylic acids is 1. The smallest absolute Gasteiger partial charge is 0.417 e. The van der Waals surface area contributed by atoms with Gasteiger partial charge in [0, 0.05) is 6.54 Å². The van der Waals surface area contributed by atoms with Crippen molar-refractivity contribution in [1.29, 1.82) is 0 Å². The lowest BCUT2D eigenvalue weighted by molar-refractivity contribution is -0.151. The van der Waals surface area contributed by atoms with Crippen LogP contribution in [0.1, 0.15) is 64.5 Å². The van der Waals surface area contributed by atoms with E-state index in [2.05, 4.69) is 32.8 Å². The van der Waals surface area contributed by atoms with E-state index in [1.807, 2.05) is 24.3 Å². The lowest BCUT2D eigenvalue weighted by atomic mass is 9.96. The molecule has 0 spiro atoms. The number of benzene rings is 2. The number of carbonyl (C=O) groups excluding carboxylic acids is 5. The molecule has 0 heterocycles. The fourth-order valence-electron chi connectivity index (χ4n) is 5.27. The number of methoxy groups -OCH3 is 1. The molecule has 0 fully saturated rings. The van der Waals surface area contributed by atoms with E-state index in [1.165, 1.54) is 19.4 Å². The Kier molecular flexibility index (Phi) is 18.3. The summed E-state index contributed by atoms with van der Waals surface area (Å²) in [6, 6.07) is 14.1. The quantitative estimate of drug-likeness (QED) is 0.0940. The van der Waals surface area contributed by atoms with E-state index in [0.29, 0.717) is 11.3 Å². The number of rotatable bonds is 21. The molecule has 0 saturated carbocycles. The number of amides is 4. The lowest BCUT2D eigenvalue weighted by Gasteiger charge is -2.29. The summed E-state index contributed by atoms with van der Waals surface area (Å²) < 4.78 is 10.1. The number of aliphatic carboxylic acids is 1. The van der Waals surface area contributed by atoms with Crippen LogP contribution in [0, 0.1) is 11.8 Å². The first kappa shape index (κ1) is 42.3. The van der Waals surface area contributed by atoms with E-state index in [1.54, 1.807) is 38.1 Å². The van der Waals surface area contributed by atoms with Gasteiger partial charge in [-0.2, -0.15) is 0 Å². The fourth-order valence-corrected chi connectivity index (χ4v) is 5.27. The highest BCUT2D eigenvalue weighted by Crippen LogP contribution is 2.13. The molecule has 280 valence electrons. The zero-order valence-electron chi connectivity index (χ0n) is 30.1. The monoisotopic (exact) mass is 711 g/mol. The van der Waals surface area contributed by atoms with Crippen LogP contribution in [0.4, 0.5) is 4.79 Å². The number of hydrogen-bond donors (Lipinski definition) is 5. The highest BCUT2D eigenvalue weighted by molar-refractivity contribution is 6.00. The summed E-state index contributed by atoms with van der Waals surface area (Å²) in [5.74, 6) is -6.52. The largest absolute Gasteiger partial charge is 0.481 e. The molecule has 3 unspecified atom stereocenters. The molecule has 2 aromatic rings. The van der Waals surface area contributed by atoms with Crippen molar-refractivity contribution in [3.63, 3.8) is 0 Å². The molecule has 4 amide bonds. The maximum absolute atomic E-state index is 13.8. The fraction of sp³-hybridized carbons (Fsp3) is 0.514. The minimum atomic E-state index is -1.51. The van der Waals surface area contributed by atoms with Crippen LogP contribution in [0.3, 0.4) is 0 Å². The molecule has 0 bridgehead atoms. The highest BCUT2D eigenvalue weighted by atomic mass is 16.5. The first-order chi connectivity index (χ1) is 24.3. The van der Waals surface area contributed by atoms with Crippen molar-refractivity contribution >= 4 is 35.8 Å². The van der Waals surface area contributed by atoms with Crippen molar-refractivity contribution < 1.29 is 43.3 Å². The van der Waals surface area contributed by atoms with Gasteiger partial charge in [0.05, 0.1) is 19.1 Å². The van der Waals surface area contributed by atoms with Crippen molar-refractivity contribution in [2.24, 2.45) is 17.6 Å². The van der Waals surface area contributed by atoms with E-state index < -0.39 is 78.3 Å². The standard InChI is InChI=1S/C37H53N5O9/c1-24(2)30(36(48)51-23-28-19-13-9-14-20-28)41-33(44)31(39-21-15-7-6-10-16-27-17-11-8-12-18-27)29(35(46)47)22-40-32(43)26(4)42(37(49)50-5)34(45)25(3)38/h8-9,11-14,17-20,24-26,29-31,39H,6-7,10,15-16,21-23,38H2,1-5H3,(H,40,43)(H,41,44)(H,46,47)/t25-,26-,29?,30?,31?/m0/s1. The van der Waals surface area contributed by atoms with Crippen LogP contribution in [0.25, 0.3) is 0 Å². The zero-order valence-corrected chi connectivity index (χ0v) is 30.1. The molecular formula is C37H53N5O9. The Morgan fingerprint density at radius 3 is 1.94 bits per heavy atom. The summed E-state index contributed by atoms with van der Waals surface area (Å²) in [6.07, 6.45) is 3.15. The Labute approximate surface area is 299 Å². The number of ether oxygens (including phenoxy) is 2. The molecule has 0 aliphatic carbocycles. The Hall–Kier alpha value is -4.82. The minimum Gasteiger partial charge on any atom is -0.481 e. The Morgan fingerprint density at radius 2 is 1.39 bits per heavy atom. The van der Waals surface area contributed by atoms with Gasteiger partial charge in [0.15, 0.2) is 0 Å². The van der Waals surface area contributed by atoms with E-state index >= 15 is 0 Å². The summed E-state index contributed by atoms with van der Waals surface area (Å²) >= 11 is 0. The van der Waals surface area contributed by atoms with E-state index in [-0.39, 0.29) is 13.2 Å². The van der Waals surface area contributed by atoms with Crippen molar-refractivity contribution in [2.45, 2.75) is 90.6 Å². The van der Waals surface area contributed by atoms with Gasteiger partial charge in [0.25, 0.3) is 0 Å². The van der Waals surface area contributed by atoms with Crippen LogP contribution in [0.2, 0.25) is 0 Å². The first-order valence-electron chi connectivity index (χ1n) is 17.2. The Balaban J connectivity index is 2.19. The number of aryl methyl sites for hydroxylation is 1. The minimum absolute atomic E-state index is 0.0132. The van der Waals surface area contributed by atoms with Crippen LogP contribution in [0.5, 0.6) is 0 Å². The summed E-state index contributed by atoms with van der Waals surface area (Å²) in [7, 11) is 1.04. The number of carboxylic acid groups (broad SMARTS) is 1. The molecule has 51 heavy (non-hydrogen) atoms. The van der Waals surface area contributed by atoms with Gasteiger partial charge in [-0.15, -0.1) is 0 Å². The van der Waals surface area contributed by atoms with Crippen molar-refractivity contribution in [2.75, 3.05) is 20.2 Å². The average molecular weight is 712 g/mol. The van der Waals surface area contributed by atoms with Crippen molar-refractivity contribution in [3.8, 4) is 0 Å². The zero-order chi connectivity index (χ0) is 37.9. The number of imide groups is 1. The second-order valence-corrected chi connectivity index (χ2v) is 12.7. The SMILES string of the molecule is COC(=O)N(C(=O)[C@H](C)N)[C@@H](C)C(=O)NCC(C(=O)O)C(NCCCCCCc1ccccc1)C(=O)NC(C(=O)OCc1ccccc1)C(C)C. The van der Waals surface area contributed by atoms with Gasteiger partial charge in [-0.25, -0.2) is 14.5 Å². The maximum Gasteiger partial charge on any atom is 0.417 e. The normalized spacial score (nSPS) is 13.9. The molecule has 2 rings (SSSR count). The Bertz CT molecular complexity index is 1420. The van der Waals surface area contributed by atoms with Crippen LogP contribution in [-0.4, -0.2) is 90.1 Å². The molecule has 6 N–H and O–H groups in total. The van der Waals surface area contributed by atoms with Gasteiger partial charge < -0.3 is 36.3 Å². The average Bonchev–Trinajstić information content (AvgIpc) is 3.11. The molecule has 0 aliphatic heterocycles. The van der Waals surface area contributed by atoms with Crippen LogP contribution >= 0.6 is 0 Å².